The van der Waals surface area contributed by atoms with E-state index in [4.69, 9.17) is 0 Å². The fourth-order valence-corrected chi connectivity index (χ4v) is 0.984. The second kappa shape index (κ2) is 5.11. The van der Waals surface area contributed by atoms with Gasteiger partial charge in [-0.2, -0.15) is 4.98 Å². The van der Waals surface area contributed by atoms with Crippen molar-refractivity contribution in [3.63, 3.8) is 0 Å². The SMILES string of the molecule is CC.CNc1ncc2cccnc2n1. The van der Waals surface area contributed by atoms with Crippen molar-refractivity contribution in [2.24, 2.45) is 0 Å². The summed E-state index contributed by atoms with van der Waals surface area (Å²) in [6.07, 6.45) is 3.47. The predicted molar refractivity (Wildman–Crippen MR) is 58.2 cm³/mol. The standard InChI is InChI=1S/C8H8N4.C2H6/c1-9-8-11-5-6-3-2-4-10-7(6)12-8;1-2/h2-5H,1H3,(H,9,10,11,12);1-2H3. The van der Waals surface area contributed by atoms with Crippen LogP contribution in [0.5, 0.6) is 0 Å². The van der Waals surface area contributed by atoms with E-state index in [2.05, 4.69) is 20.3 Å². The van der Waals surface area contributed by atoms with Gasteiger partial charge in [-0.05, 0) is 12.1 Å². The molecule has 1 N–H and O–H groups in total. The van der Waals surface area contributed by atoms with Gasteiger partial charge in [-0.15, -0.1) is 0 Å². The van der Waals surface area contributed by atoms with Gasteiger partial charge in [-0.3, -0.25) is 0 Å². The number of fused-ring (bicyclic) bond motifs is 1. The minimum atomic E-state index is 0.598. The number of nitrogens with zero attached hydrogens (tertiary/aromatic N) is 3. The van der Waals surface area contributed by atoms with E-state index in [9.17, 15) is 0 Å². The Balaban J connectivity index is 0.000000461. The number of pyridine rings is 1. The third-order valence-corrected chi connectivity index (χ3v) is 1.58. The average molecular weight is 190 g/mol. The van der Waals surface area contributed by atoms with Gasteiger partial charge >= 0.3 is 0 Å². The maximum absolute atomic E-state index is 4.16. The Hall–Kier alpha value is -1.71. The molecule has 74 valence electrons. The van der Waals surface area contributed by atoms with E-state index in [-0.39, 0.29) is 0 Å². The molecule has 2 rings (SSSR count). The molecule has 4 heteroatoms. The van der Waals surface area contributed by atoms with Gasteiger partial charge < -0.3 is 5.32 Å². The van der Waals surface area contributed by atoms with Crippen molar-refractivity contribution in [2.75, 3.05) is 12.4 Å². The first-order valence-corrected chi connectivity index (χ1v) is 4.65. The average Bonchev–Trinajstić information content (AvgIpc) is 2.31. The van der Waals surface area contributed by atoms with Crippen molar-refractivity contribution in [1.82, 2.24) is 15.0 Å². The minimum absolute atomic E-state index is 0.598. The number of hydrogen-bond donors (Lipinski definition) is 1. The van der Waals surface area contributed by atoms with Crippen molar-refractivity contribution in [1.29, 1.82) is 0 Å². The number of hydrogen-bond acceptors (Lipinski definition) is 4. The molecular weight excluding hydrogens is 176 g/mol. The number of nitrogens with one attached hydrogen (secondary N) is 1. The molecule has 2 heterocycles. The maximum Gasteiger partial charge on any atom is 0.224 e. The van der Waals surface area contributed by atoms with Gasteiger partial charge in [0.05, 0.1) is 0 Å². The molecule has 0 saturated heterocycles. The maximum atomic E-state index is 4.16. The van der Waals surface area contributed by atoms with Crippen LogP contribution in [0, 0.1) is 0 Å². The lowest BCUT2D eigenvalue weighted by atomic mass is 10.3. The first-order chi connectivity index (χ1) is 6.90. The Morgan fingerprint density at radius 1 is 1.21 bits per heavy atom. The zero-order chi connectivity index (χ0) is 10.4. The van der Waals surface area contributed by atoms with Crippen LogP contribution in [0.2, 0.25) is 0 Å². The highest BCUT2D eigenvalue weighted by molar-refractivity contribution is 5.73. The van der Waals surface area contributed by atoms with Crippen LogP contribution in [0.15, 0.2) is 24.5 Å². The van der Waals surface area contributed by atoms with E-state index in [1.807, 2.05) is 26.0 Å². The van der Waals surface area contributed by atoms with E-state index in [1.165, 1.54) is 0 Å². The van der Waals surface area contributed by atoms with Crippen LogP contribution < -0.4 is 5.32 Å². The van der Waals surface area contributed by atoms with Crippen molar-refractivity contribution in [3.05, 3.63) is 24.5 Å². The van der Waals surface area contributed by atoms with Crippen LogP contribution >= 0.6 is 0 Å². The first-order valence-electron chi connectivity index (χ1n) is 4.65. The fraction of sp³-hybridized carbons (Fsp3) is 0.300. The molecule has 0 unspecified atom stereocenters. The summed E-state index contributed by atoms with van der Waals surface area (Å²) in [7, 11) is 1.78. The smallest absolute Gasteiger partial charge is 0.224 e. The molecule has 4 nitrogen and oxygen atoms in total. The Bertz CT molecular complexity index is 400. The number of aromatic nitrogens is 3. The molecule has 0 aliphatic carbocycles. The molecule has 0 bridgehead atoms. The summed E-state index contributed by atoms with van der Waals surface area (Å²) in [6.45, 7) is 4.00. The summed E-state index contributed by atoms with van der Waals surface area (Å²) < 4.78 is 0. The van der Waals surface area contributed by atoms with Gasteiger partial charge in [0.1, 0.15) is 0 Å². The summed E-state index contributed by atoms with van der Waals surface area (Å²) in [6, 6.07) is 3.80. The van der Waals surface area contributed by atoms with Crippen LogP contribution in [0.1, 0.15) is 13.8 Å². The molecule has 14 heavy (non-hydrogen) atoms. The normalized spacial score (nSPS) is 9.07. The van der Waals surface area contributed by atoms with E-state index < -0.39 is 0 Å². The summed E-state index contributed by atoms with van der Waals surface area (Å²) in [4.78, 5) is 12.3. The number of rotatable bonds is 1. The Kier molecular flexibility index (Phi) is 3.79. The van der Waals surface area contributed by atoms with Crippen LogP contribution in [-0.4, -0.2) is 22.0 Å². The lowest BCUT2D eigenvalue weighted by Crippen LogP contribution is -1.96. The molecule has 0 aromatic carbocycles. The molecule has 0 fully saturated rings. The van der Waals surface area contributed by atoms with Gasteiger partial charge in [0.25, 0.3) is 0 Å². The van der Waals surface area contributed by atoms with Crippen LogP contribution in [-0.2, 0) is 0 Å². The van der Waals surface area contributed by atoms with E-state index >= 15 is 0 Å². The second-order valence-electron chi connectivity index (χ2n) is 2.36. The van der Waals surface area contributed by atoms with Crippen LogP contribution in [0.25, 0.3) is 11.0 Å². The van der Waals surface area contributed by atoms with E-state index in [1.54, 1.807) is 19.4 Å². The molecule has 0 saturated carbocycles. The zero-order valence-electron chi connectivity index (χ0n) is 8.65. The summed E-state index contributed by atoms with van der Waals surface area (Å²) in [5.41, 5.74) is 0.719. The first kappa shape index (κ1) is 10.4. The summed E-state index contributed by atoms with van der Waals surface area (Å²) in [5, 5.41) is 3.81. The quantitative estimate of drug-likeness (QED) is 0.748. The molecule has 2 aromatic heterocycles. The Labute approximate surface area is 83.4 Å². The highest BCUT2D eigenvalue weighted by Crippen LogP contribution is 2.07. The highest BCUT2D eigenvalue weighted by Gasteiger charge is 1.96. The third-order valence-electron chi connectivity index (χ3n) is 1.58. The third kappa shape index (κ3) is 2.16. The van der Waals surface area contributed by atoms with Gasteiger partial charge in [0.15, 0.2) is 5.65 Å². The van der Waals surface area contributed by atoms with Crippen molar-refractivity contribution in [3.8, 4) is 0 Å². The summed E-state index contributed by atoms with van der Waals surface area (Å²) in [5.74, 6) is 0.598. The van der Waals surface area contributed by atoms with Gasteiger partial charge in [-0.1, -0.05) is 13.8 Å². The Morgan fingerprint density at radius 2 is 2.00 bits per heavy atom. The van der Waals surface area contributed by atoms with Crippen molar-refractivity contribution >= 4 is 17.0 Å². The second-order valence-corrected chi connectivity index (χ2v) is 2.36. The lowest BCUT2D eigenvalue weighted by Gasteiger charge is -1.98. The lowest BCUT2D eigenvalue weighted by molar-refractivity contribution is 1.16. The van der Waals surface area contributed by atoms with Crippen molar-refractivity contribution in [2.45, 2.75) is 13.8 Å². The van der Waals surface area contributed by atoms with E-state index in [0.29, 0.717) is 5.95 Å². The van der Waals surface area contributed by atoms with Gasteiger partial charge in [0, 0.05) is 24.8 Å². The topological polar surface area (TPSA) is 50.7 Å². The molecule has 0 aliphatic rings. The van der Waals surface area contributed by atoms with Crippen LogP contribution in [0.3, 0.4) is 0 Å². The molecule has 0 amide bonds. The van der Waals surface area contributed by atoms with Crippen LogP contribution in [0.4, 0.5) is 5.95 Å². The monoisotopic (exact) mass is 190 g/mol. The molecule has 2 aromatic rings. The molecule has 0 radical (unpaired) electrons. The highest BCUT2D eigenvalue weighted by atomic mass is 15.1. The zero-order valence-corrected chi connectivity index (χ0v) is 8.65. The van der Waals surface area contributed by atoms with E-state index in [0.717, 1.165) is 11.0 Å². The number of anilines is 1. The predicted octanol–water partition coefficient (Wildman–Crippen LogP) is 2.09. The van der Waals surface area contributed by atoms with Crippen molar-refractivity contribution < 1.29 is 0 Å². The molecule has 0 aliphatic heterocycles. The molecule has 0 spiro atoms. The van der Waals surface area contributed by atoms with Gasteiger partial charge in [0.2, 0.25) is 5.95 Å². The fourth-order valence-electron chi connectivity index (χ4n) is 0.984. The molecular formula is C10H14N4. The largest absolute Gasteiger partial charge is 0.357 e. The van der Waals surface area contributed by atoms with Gasteiger partial charge in [-0.25, -0.2) is 9.97 Å². The minimum Gasteiger partial charge on any atom is -0.357 e. The Morgan fingerprint density at radius 3 is 2.71 bits per heavy atom. The molecule has 0 atom stereocenters. The summed E-state index contributed by atoms with van der Waals surface area (Å²) >= 11 is 0.